The van der Waals surface area contributed by atoms with Crippen LogP contribution >= 0.6 is 0 Å². The van der Waals surface area contributed by atoms with E-state index in [0.717, 1.165) is 32.1 Å². The number of phenols is 3. The van der Waals surface area contributed by atoms with Gasteiger partial charge in [0.05, 0.1) is 0 Å². The van der Waals surface area contributed by atoms with Crippen LogP contribution < -0.4 is 0 Å². The molecule has 1 aliphatic carbocycles. The van der Waals surface area contributed by atoms with Crippen LogP contribution in [0.5, 0.6) is 17.2 Å². The quantitative estimate of drug-likeness (QED) is 0.311. The minimum atomic E-state index is -0.136. The van der Waals surface area contributed by atoms with Crippen molar-refractivity contribution >= 4 is 0 Å². The first-order valence-electron chi connectivity index (χ1n) is 13.2. The SMILES string of the molecule is CCCC(C)CC(C)(c1ccc(O)cc1)C1CCC(c2ccc(O)cc2)(c2ccc(O)cc2)CC1. The maximum absolute atomic E-state index is 9.92. The molecule has 2 atom stereocenters. The molecule has 0 amide bonds. The van der Waals surface area contributed by atoms with Crippen LogP contribution in [0.15, 0.2) is 72.8 Å². The van der Waals surface area contributed by atoms with Crippen LogP contribution in [0.1, 0.15) is 82.4 Å². The van der Waals surface area contributed by atoms with Crippen molar-refractivity contribution in [2.45, 2.75) is 76.5 Å². The number of aromatic hydroxyl groups is 3. The lowest BCUT2D eigenvalue weighted by Crippen LogP contribution is -2.41. The fraction of sp³-hybridized carbons (Fsp3) is 0.438. The molecule has 1 fully saturated rings. The van der Waals surface area contributed by atoms with Gasteiger partial charge in [-0.25, -0.2) is 0 Å². The largest absolute Gasteiger partial charge is 0.508 e. The lowest BCUT2D eigenvalue weighted by Gasteiger charge is -2.48. The molecule has 3 aromatic rings. The summed E-state index contributed by atoms with van der Waals surface area (Å²) in [6.45, 7) is 7.07. The van der Waals surface area contributed by atoms with Crippen molar-refractivity contribution in [2.75, 3.05) is 0 Å². The molecule has 35 heavy (non-hydrogen) atoms. The Morgan fingerprint density at radius 3 is 1.63 bits per heavy atom. The van der Waals surface area contributed by atoms with Crippen LogP contribution in [0, 0.1) is 11.8 Å². The monoisotopic (exact) mass is 472 g/mol. The minimum absolute atomic E-state index is 0.0400. The van der Waals surface area contributed by atoms with Gasteiger partial charge in [0, 0.05) is 5.41 Å². The zero-order valence-electron chi connectivity index (χ0n) is 21.4. The molecule has 2 unspecified atom stereocenters. The first-order chi connectivity index (χ1) is 16.8. The molecular formula is C32H40O3. The fourth-order valence-electron chi connectivity index (χ4n) is 6.73. The summed E-state index contributed by atoms with van der Waals surface area (Å²) in [5.74, 6) is 2.06. The Balaban J connectivity index is 1.68. The van der Waals surface area contributed by atoms with Gasteiger partial charge in [0.15, 0.2) is 0 Å². The maximum Gasteiger partial charge on any atom is 0.115 e. The standard InChI is InChI=1S/C32H40O3/c1-4-5-23(2)22-31(3,24-6-12-28(33)13-7-24)25-18-20-32(21-19-25,26-8-14-29(34)15-9-26)27-10-16-30(35)17-11-27/h6-17,23,25,33-35H,4-5,18-22H2,1-3H3. The highest BCUT2D eigenvalue weighted by Gasteiger charge is 2.45. The minimum Gasteiger partial charge on any atom is -0.508 e. The summed E-state index contributed by atoms with van der Waals surface area (Å²) >= 11 is 0. The second-order valence-corrected chi connectivity index (χ2v) is 11.0. The maximum atomic E-state index is 9.92. The summed E-state index contributed by atoms with van der Waals surface area (Å²) in [4.78, 5) is 0. The van der Waals surface area contributed by atoms with Crippen LogP contribution in [0.25, 0.3) is 0 Å². The number of rotatable bonds is 8. The molecule has 0 radical (unpaired) electrons. The molecule has 1 saturated carbocycles. The first kappa shape index (κ1) is 25.2. The van der Waals surface area contributed by atoms with Crippen LogP contribution in [-0.4, -0.2) is 15.3 Å². The van der Waals surface area contributed by atoms with E-state index in [0.29, 0.717) is 17.6 Å². The van der Waals surface area contributed by atoms with Crippen LogP contribution in [-0.2, 0) is 10.8 Å². The normalized spacial score (nSPS) is 18.6. The first-order valence-corrected chi connectivity index (χ1v) is 13.2. The molecule has 0 spiro atoms. The summed E-state index contributed by atoms with van der Waals surface area (Å²) in [5, 5.41) is 29.8. The Bertz CT molecular complexity index is 1030. The van der Waals surface area contributed by atoms with Crippen molar-refractivity contribution in [1.82, 2.24) is 0 Å². The molecule has 3 aromatic carbocycles. The predicted molar refractivity (Wildman–Crippen MR) is 143 cm³/mol. The van der Waals surface area contributed by atoms with Crippen LogP contribution in [0.4, 0.5) is 0 Å². The molecule has 4 rings (SSSR count). The molecular weight excluding hydrogens is 432 g/mol. The molecule has 0 heterocycles. The summed E-state index contributed by atoms with van der Waals surface area (Å²) < 4.78 is 0. The Morgan fingerprint density at radius 1 is 0.771 bits per heavy atom. The van der Waals surface area contributed by atoms with E-state index in [9.17, 15) is 15.3 Å². The number of hydrogen-bond acceptors (Lipinski definition) is 3. The summed E-state index contributed by atoms with van der Waals surface area (Å²) in [5.41, 5.74) is 3.68. The number of hydrogen-bond donors (Lipinski definition) is 3. The van der Waals surface area contributed by atoms with Gasteiger partial charge in [-0.3, -0.25) is 0 Å². The van der Waals surface area contributed by atoms with Gasteiger partial charge in [0.2, 0.25) is 0 Å². The Hall–Kier alpha value is -2.94. The van der Waals surface area contributed by atoms with E-state index in [4.69, 9.17) is 0 Å². The molecule has 0 aliphatic heterocycles. The van der Waals surface area contributed by atoms with Gasteiger partial charge >= 0.3 is 0 Å². The third-order valence-corrected chi connectivity index (χ3v) is 8.66. The Labute approximate surface area is 210 Å². The second-order valence-electron chi connectivity index (χ2n) is 11.0. The van der Waals surface area contributed by atoms with Crippen molar-refractivity contribution in [1.29, 1.82) is 0 Å². The number of benzene rings is 3. The lowest BCUT2D eigenvalue weighted by molar-refractivity contribution is 0.151. The Morgan fingerprint density at radius 2 is 1.20 bits per heavy atom. The van der Waals surface area contributed by atoms with Crippen LogP contribution in [0.2, 0.25) is 0 Å². The van der Waals surface area contributed by atoms with E-state index in [1.165, 1.54) is 29.5 Å². The molecule has 3 heteroatoms. The fourth-order valence-corrected chi connectivity index (χ4v) is 6.73. The zero-order chi connectivity index (χ0) is 25.1. The molecule has 0 aromatic heterocycles. The molecule has 3 N–H and O–H groups in total. The molecule has 0 bridgehead atoms. The van der Waals surface area contributed by atoms with Crippen molar-refractivity contribution in [3.05, 3.63) is 89.5 Å². The van der Waals surface area contributed by atoms with Gasteiger partial charge in [-0.15, -0.1) is 0 Å². The average Bonchev–Trinajstić information content (AvgIpc) is 2.85. The van der Waals surface area contributed by atoms with E-state index in [1.807, 2.05) is 12.1 Å². The molecule has 1 aliphatic rings. The van der Waals surface area contributed by atoms with Gasteiger partial charge in [-0.2, -0.15) is 0 Å². The average molecular weight is 473 g/mol. The van der Waals surface area contributed by atoms with Gasteiger partial charge in [-0.1, -0.05) is 70.0 Å². The van der Waals surface area contributed by atoms with E-state index in [1.54, 1.807) is 24.3 Å². The highest BCUT2D eigenvalue weighted by Crippen LogP contribution is 2.53. The Kier molecular flexibility index (Phi) is 7.44. The lowest BCUT2D eigenvalue weighted by atomic mass is 9.56. The van der Waals surface area contributed by atoms with Gasteiger partial charge in [-0.05, 0) is 102 Å². The second kappa shape index (κ2) is 10.4. The van der Waals surface area contributed by atoms with Crippen molar-refractivity contribution in [2.24, 2.45) is 11.8 Å². The van der Waals surface area contributed by atoms with Gasteiger partial charge in [0.25, 0.3) is 0 Å². The van der Waals surface area contributed by atoms with E-state index >= 15 is 0 Å². The summed E-state index contributed by atoms with van der Waals surface area (Å²) in [7, 11) is 0. The third-order valence-electron chi connectivity index (χ3n) is 8.66. The number of phenolic OH excluding ortho intramolecular Hbond substituents is 3. The highest BCUT2D eigenvalue weighted by molar-refractivity contribution is 5.44. The predicted octanol–water partition coefficient (Wildman–Crippen LogP) is 8.06. The highest BCUT2D eigenvalue weighted by atomic mass is 16.3. The molecule has 3 nitrogen and oxygen atoms in total. The van der Waals surface area contributed by atoms with E-state index in [-0.39, 0.29) is 22.3 Å². The smallest absolute Gasteiger partial charge is 0.115 e. The van der Waals surface area contributed by atoms with E-state index < -0.39 is 0 Å². The van der Waals surface area contributed by atoms with E-state index in [2.05, 4.69) is 57.2 Å². The van der Waals surface area contributed by atoms with Crippen molar-refractivity contribution in [3.63, 3.8) is 0 Å². The molecule has 0 saturated heterocycles. The topological polar surface area (TPSA) is 60.7 Å². The third kappa shape index (κ3) is 5.19. The van der Waals surface area contributed by atoms with Crippen molar-refractivity contribution in [3.8, 4) is 17.2 Å². The molecule has 186 valence electrons. The van der Waals surface area contributed by atoms with Gasteiger partial charge in [0.1, 0.15) is 17.2 Å². The van der Waals surface area contributed by atoms with Crippen molar-refractivity contribution < 1.29 is 15.3 Å². The van der Waals surface area contributed by atoms with Crippen LogP contribution in [0.3, 0.4) is 0 Å². The summed E-state index contributed by atoms with van der Waals surface area (Å²) in [6.07, 6.45) is 7.79. The summed E-state index contributed by atoms with van der Waals surface area (Å²) in [6, 6.07) is 23.3. The zero-order valence-corrected chi connectivity index (χ0v) is 21.4. The van der Waals surface area contributed by atoms with Gasteiger partial charge < -0.3 is 15.3 Å².